The molecular formula is C16H17BrN2O. The fourth-order valence-electron chi connectivity index (χ4n) is 2.08. The quantitative estimate of drug-likeness (QED) is 0.889. The van der Waals surface area contributed by atoms with E-state index in [-0.39, 0.29) is 11.9 Å². The van der Waals surface area contributed by atoms with Crippen LogP contribution in [0.2, 0.25) is 0 Å². The van der Waals surface area contributed by atoms with E-state index in [4.69, 9.17) is 0 Å². The lowest BCUT2D eigenvalue weighted by molar-refractivity contribution is 0.0940. The number of hydrogen-bond acceptors (Lipinski definition) is 2. The van der Waals surface area contributed by atoms with Crippen molar-refractivity contribution < 1.29 is 4.79 Å². The summed E-state index contributed by atoms with van der Waals surface area (Å²) in [5.41, 5.74) is 2.53. The van der Waals surface area contributed by atoms with Gasteiger partial charge in [-0.3, -0.25) is 4.79 Å². The summed E-state index contributed by atoms with van der Waals surface area (Å²) < 4.78 is 0.995. The van der Waals surface area contributed by atoms with Crippen LogP contribution in [0.4, 0.5) is 5.69 Å². The minimum Gasteiger partial charge on any atom is -0.387 e. The maximum Gasteiger partial charge on any atom is 0.253 e. The molecule has 0 aliphatic heterocycles. The van der Waals surface area contributed by atoms with E-state index in [1.54, 1.807) is 0 Å². The Morgan fingerprint density at radius 1 is 1.10 bits per heavy atom. The van der Waals surface area contributed by atoms with Gasteiger partial charge in [-0.2, -0.15) is 0 Å². The summed E-state index contributed by atoms with van der Waals surface area (Å²) >= 11 is 3.51. The molecule has 0 aliphatic carbocycles. The van der Waals surface area contributed by atoms with Crippen LogP contribution in [-0.4, -0.2) is 13.0 Å². The van der Waals surface area contributed by atoms with Gasteiger partial charge in [-0.05, 0) is 30.7 Å². The molecule has 2 aromatic rings. The molecule has 104 valence electrons. The number of carbonyl (C=O) groups is 1. The molecule has 3 nitrogen and oxygen atoms in total. The number of amides is 1. The van der Waals surface area contributed by atoms with Gasteiger partial charge in [0.1, 0.15) is 0 Å². The van der Waals surface area contributed by atoms with Gasteiger partial charge in [0, 0.05) is 17.2 Å². The molecule has 0 heterocycles. The molecule has 0 aliphatic rings. The number of hydrogen-bond donors (Lipinski definition) is 2. The summed E-state index contributed by atoms with van der Waals surface area (Å²) in [5.74, 6) is -0.0850. The van der Waals surface area contributed by atoms with Gasteiger partial charge >= 0.3 is 0 Å². The van der Waals surface area contributed by atoms with Crippen LogP contribution < -0.4 is 10.6 Å². The van der Waals surface area contributed by atoms with E-state index in [0.717, 1.165) is 15.7 Å². The normalized spacial score (nSPS) is 11.8. The van der Waals surface area contributed by atoms with Crippen molar-refractivity contribution in [3.63, 3.8) is 0 Å². The summed E-state index contributed by atoms with van der Waals surface area (Å²) in [7, 11) is 1.81. The highest BCUT2D eigenvalue weighted by Crippen LogP contribution is 2.23. The molecule has 0 fully saturated rings. The number of halogens is 1. The Hall–Kier alpha value is -1.81. The number of carbonyl (C=O) groups excluding carboxylic acids is 1. The van der Waals surface area contributed by atoms with Gasteiger partial charge in [-0.1, -0.05) is 46.3 Å². The Labute approximate surface area is 127 Å². The van der Waals surface area contributed by atoms with E-state index < -0.39 is 0 Å². The van der Waals surface area contributed by atoms with Crippen LogP contribution >= 0.6 is 15.9 Å². The Kier molecular flexibility index (Phi) is 4.79. The van der Waals surface area contributed by atoms with E-state index >= 15 is 0 Å². The Morgan fingerprint density at radius 2 is 1.75 bits per heavy atom. The van der Waals surface area contributed by atoms with Crippen molar-refractivity contribution in [1.82, 2.24) is 5.32 Å². The summed E-state index contributed by atoms with van der Waals surface area (Å²) in [6.07, 6.45) is 0. The molecule has 20 heavy (non-hydrogen) atoms. The fourth-order valence-corrected chi connectivity index (χ4v) is 2.71. The molecule has 2 aromatic carbocycles. The van der Waals surface area contributed by atoms with Gasteiger partial charge in [0.25, 0.3) is 5.91 Å². The molecule has 0 aromatic heterocycles. The van der Waals surface area contributed by atoms with Gasteiger partial charge in [0.05, 0.1) is 11.6 Å². The monoisotopic (exact) mass is 332 g/mol. The van der Waals surface area contributed by atoms with Gasteiger partial charge in [-0.15, -0.1) is 0 Å². The predicted molar refractivity (Wildman–Crippen MR) is 86.0 cm³/mol. The van der Waals surface area contributed by atoms with Crippen molar-refractivity contribution in [3.05, 3.63) is 64.1 Å². The molecule has 2 rings (SSSR count). The highest BCUT2D eigenvalue weighted by atomic mass is 79.9. The molecule has 0 saturated heterocycles. The number of benzene rings is 2. The standard InChI is InChI=1S/C16H17BrN2O/c1-11(12-7-3-5-9-14(12)17)19-16(20)13-8-4-6-10-15(13)18-2/h3-11,18H,1-2H3,(H,19,20). The average Bonchev–Trinajstić information content (AvgIpc) is 2.47. The van der Waals surface area contributed by atoms with Crippen molar-refractivity contribution in [2.24, 2.45) is 0 Å². The highest BCUT2D eigenvalue weighted by Gasteiger charge is 2.15. The van der Waals surface area contributed by atoms with Crippen LogP contribution in [0.5, 0.6) is 0 Å². The molecular weight excluding hydrogens is 316 g/mol. The minimum absolute atomic E-state index is 0.0667. The van der Waals surface area contributed by atoms with Crippen molar-refractivity contribution in [1.29, 1.82) is 0 Å². The zero-order valence-corrected chi connectivity index (χ0v) is 13.1. The first-order valence-electron chi connectivity index (χ1n) is 6.45. The van der Waals surface area contributed by atoms with Crippen molar-refractivity contribution in [2.75, 3.05) is 12.4 Å². The second-order valence-electron chi connectivity index (χ2n) is 4.51. The smallest absolute Gasteiger partial charge is 0.253 e. The number of nitrogens with one attached hydrogen (secondary N) is 2. The van der Waals surface area contributed by atoms with E-state index in [0.29, 0.717) is 5.56 Å². The maximum absolute atomic E-state index is 12.4. The van der Waals surface area contributed by atoms with E-state index in [1.807, 2.05) is 62.5 Å². The first-order valence-corrected chi connectivity index (χ1v) is 7.25. The summed E-state index contributed by atoms with van der Waals surface area (Å²) in [6, 6.07) is 15.3. The highest BCUT2D eigenvalue weighted by molar-refractivity contribution is 9.10. The third-order valence-corrected chi connectivity index (χ3v) is 3.88. The zero-order chi connectivity index (χ0) is 14.5. The molecule has 2 N–H and O–H groups in total. The predicted octanol–water partition coefficient (Wildman–Crippen LogP) is 3.98. The van der Waals surface area contributed by atoms with Crippen LogP contribution in [0, 0.1) is 0 Å². The minimum atomic E-state index is -0.0850. The third-order valence-electron chi connectivity index (χ3n) is 3.16. The maximum atomic E-state index is 12.4. The van der Waals surface area contributed by atoms with Crippen molar-refractivity contribution in [3.8, 4) is 0 Å². The van der Waals surface area contributed by atoms with Crippen LogP contribution in [0.25, 0.3) is 0 Å². The van der Waals surface area contributed by atoms with Crippen LogP contribution in [0.3, 0.4) is 0 Å². The zero-order valence-electron chi connectivity index (χ0n) is 11.5. The first kappa shape index (κ1) is 14.6. The van der Waals surface area contributed by atoms with Gasteiger partial charge in [0.2, 0.25) is 0 Å². The molecule has 4 heteroatoms. The van der Waals surface area contributed by atoms with E-state index in [9.17, 15) is 4.79 Å². The van der Waals surface area contributed by atoms with Gasteiger partial charge < -0.3 is 10.6 Å². The second-order valence-corrected chi connectivity index (χ2v) is 5.37. The first-order chi connectivity index (χ1) is 9.63. The molecule has 0 spiro atoms. The third kappa shape index (κ3) is 3.20. The Bertz CT molecular complexity index is 613. The molecule has 1 amide bonds. The Morgan fingerprint density at radius 3 is 2.45 bits per heavy atom. The average molecular weight is 333 g/mol. The molecule has 0 radical (unpaired) electrons. The number of rotatable bonds is 4. The SMILES string of the molecule is CNc1ccccc1C(=O)NC(C)c1ccccc1Br. The molecule has 0 saturated carbocycles. The van der Waals surface area contributed by atoms with Gasteiger partial charge in [0.15, 0.2) is 0 Å². The van der Waals surface area contributed by atoms with Gasteiger partial charge in [-0.25, -0.2) is 0 Å². The lowest BCUT2D eigenvalue weighted by Crippen LogP contribution is -2.27. The summed E-state index contributed by atoms with van der Waals surface area (Å²) in [5, 5.41) is 6.05. The van der Waals surface area contributed by atoms with Crippen molar-refractivity contribution in [2.45, 2.75) is 13.0 Å². The van der Waals surface area contributed by atoms with Crippen molar-refractivity contribution >= 4 is 27.5 Å². The van der Waals surface area contributed by atoms with E-state index in [2.05, 4.69) is 26.6 Å². The largest absolute Gasteiger partial charge is 0.387 e. The van der Waals surface area contributed by atoms with E-state index in [1.165, 1.54) is 0 Å². The lowest BCUT2D eigenvalue weighted by atomic mass is 10.1. The Balaban J connectivity index is 2.18. The lowest BCUT2D eigenvalue weighted by Gasteiger charge is -2.17. The fraction of sp³-hybridized carbons (Fsp3) is 0.188. The number of anilines is 1. The molecule has 1 atom stereocenters. The summed E-state index contributed by atoms with van der Waals surface area (Å²) in [6.45, 7) is 1.97. The molecule has 0 bridgehead atoms. The molecule has 1 unspecified atom stereocenters. The van der Waals surface area contributed by atoms with Crippen LogP contribution in [0.1, 0.15) is 28.9 Å². The van der Waals surface area contributed by atoms with Crippen LogP contribution in [0.15, 0.2) is 53.0 Å². The second kappa shape index (κ2) is 6.57. The van der Waals surface area contributed by atoms with Crippen LogP contribution in [-0.2, 0) is 0 Å². The summed E-state index contributed by atoms with van der Waals surface area (Å²) in [4.78, 5) is 12.4. The topological polar surface area (TPSA) is 41.1 Å². The number of para-hydroxylation sites is 1.